The molecular formula is C25H29N7O3. The molecule has 182 valence electrons. The third-order valence-electron chi connectivity index (χ3n) is 6.17. The van der Waals surface area contributed by atoms with Crippen LogP contribution in [-0.4, -0.2) is 65.0 Å². The van der Waals surface area contributed by atoms with Crippen LogP contribution in [-0.2, 0) is 7.05 Å². The van der Waals surface area contributed by atoms with Crippen LogP contribution in [0.4, 0.5) is 11.5 Å². The molecule has 5 rings (SSSR count). The van der Waals surface area contributed by atoms with Crippen molar-refractivity contribution in [2.75, 3.05) is 37.5 Å². The van der Waals surface area contributed by atoms with Crippen molar-refractivity contribution >= 4 is 39.2 Å². The Morgan fingerprint density at radius 1 is 1.06 bits per heavy atom. The average Bonchev–Trinajstić information content (AvgIpc) is 3.21. The molecule has 3 aromatic heterocycles. The van der Waals surface area contributed by atoms with Crippen LogP contribution in [0.2, 0.25) is 0 Å². The molecule has 0 saturated carbocycles. The first kappa shape index (κ1) is 22.9. The number of amides is 1. The standard InChI is InChI=1S/C25H29N7O3/c1-14-11-32(12-15(2)26-14)19-8-6-18(23-17(19)7-9-21(29-23)34-4)24(33)27-20-10-16-13-31(3)30-22(16)25(28-20)35-5/h6-10,13-15,26H,11-12H2,1-5H3,(H,27,33)/t14-,15+. The minimum absolute atomic E-state index is 0.317. The lowest BCUT2D eigenvalue weighted by Crippen LogP contribution is -2.54. The van der Waals surface area contributed by atoms with E-state index in [2.05, 4.69) is 44.4 Å². The van der Waals surface area contributed by atoms with Crippen LogP contribution in [0.15, 0.2) is 36.5 Å². The molecule has 0 unspecified atom stereocenters. The minimum atomic E-state index is -0.317. The number of methoxy groups -OCH3 is 2. The van der Waals surface area contributed by atoms with Gasteiger partial charge in [-0.3, -0.25) is 9.48 Å². The van der Waals surface area contributed by atoms with Crippen molar-refractivity contribution in [3.05, 3.63) is 42.1 Å². The highest BCUT2D eigenvalue weighted by Crippen LogP contribution is 2.32. The minimum Gasteiger partial charge on any atom is -0.481 e. The van der Waals surface area contributed by atoms with E-state index in [4.69, 9.17) is 9.47 Å². The van der Waals surface area contributed by atoms with E-state index < -0.39 is 0 Å². The van der Waals surface area contributed by atoms with Gasteiger partial charge in [0.2, 0.25) is 11.8 Å². The number of ether oxygens (including phenoxy) is 2. The van der Waals surface area contributed by atoms with E-state index in [9.17, 15) is 4.79 Å². The van der Waals surface area contributed by atoms with Gasteiger partial charge in [0.05, 0.1) is 25.3 Å². The van der Waals surface area contributed by atoms with Crippen molar-refractivity contribution in [2.45, 2.75) is 25.9 Å². The quantitative estimate of drug-likeness (QED) is 0.454. The van der Waals surface area contributed by atoms with E-state index in [1.54, 1.807) is 17.9 Å². The van der Waals surface area contributed by atoms with E-state index in [1.807, 2.05) is 37.5 Å². The molecule has 1 saturated heterocycles. The fourth-order valence-electron chi connectivity index (χ4n) is 4.79. The number of rotatable bonds is 5. The molecule has 0 spiro atoms. The Kier molecular flexibility index (Phi) is 5.89. The van der Waals surface area contributed by atoms with E-state index in [-0.39, 0.29) is 5.91 Å². The summed E-state index contributed by atoms with van der Waals surface area (Å²) in [6.07, 6.45) is 1.85. The number of benzene rings is 1. The van der Waals surface area contributed by atoms with Crippen molar-refractivity contribution in [3.8, 4) is 11.8 Å². The molecule has 2 N–H and O–H groups in total. The summed E-state index contributed by atoms with van der Waals surface area (Å²) in [5.41, 5.74) is 2.69. The largest absolute Gasteiger partial charge is 0.481 e. The smallest absolute Gasteiger partial charge is 0.259 e. The molecule has 0 radical (unpaired) electrons. The van der Waals surface area contributed by atoms with Gasteiger partial charge in [-0.2, -0.15) is 10.1 Å². The summed E-state index contributed by atoms with van der Waals surface area (Å²) in [6, 6.07) is 10.1. The molecule has 1 aromatic carbocycles. The number of nitrogens with one attached hydrogen (secondary N) is 2. The summed E-state index contributed by atoms with van der Waals surface area (Å²) >= 11 is 0. The number of aryl methyl sites for hydroxylation is 1. The second kappa shape index (κ2) is 9.03. The highest BCUT2D eigenvalue weighted by molar-refractivity contribution is 6.14. The molecular weight excluding hydrogens is 446 g/mol. The van der Waals surface area contributed by atoms with E-state index in [1.165, 1.54) is 7.11 Å². The normalized spacial score (nSPS) is 18.1. The Balaban J connectivity index is 1.55. The number of anilines is 2. The summed E-state index contributed by atoms with van der Waals surface area (Å²) in [5, 5.41) is 12.5. The van der Waals surface area contributed by atoms with Gasteiger partial charge < -0.3 is 25.0 Å². The van der Waals surface area contributed by atoms with Gasteiger partial charge in [-0.15, -0.1) is 0 Å². The number of nitrogens with zero attached hydrogens (tertiary/aromatic N) is 5. The average molecular weight is 476 g/mol. The van der Waals surface area contributed by atoms with Gasteiger partial charge in [0.25, 0.3) is 5.91 Å². The second-order valence-corrected chi connectivity index (χ2v) is 8.97. The fraction of sp³-hybridized carbons (Fsp3) is 0.360. The molecule has 1 fully saturated rings. The third-order valence-corrected chi connectivity index (χ3v) is 6.17. The Labute approximate surface area is 203 Å². The maximum absolute atomic E-state index is 13.4. The molecule has 4 aromatic rings. The van der Waals surface area contributed by atoms with Gasteiger partial charge in [-0.1, -0.05) is 0 Å². The lowest BCUT2D eigenvalue weighted by molar-refractivity contribution is 0.102. The lowest BCUT2D eigenvalue weighted by atomic mass is 10.0. The molecule has 10 heteroatoms. The Hall–Kier alpha value is -3.92. The highest BCUT2D eigenvalue weighted by atomic mass is 16.5. The van der Waals surface area contributed by atoms with Crippen molar-refractivity contribution in [2.24, 2.45) is 7.05 Å². The summed E-state index contributed by atoms with van der Waals surface area (Å²) in [6.45, 7) is 6.08. The number of hydrogen-bond acceptors (Lipinski definition) is 8. The monoisotopic (exact) mass is 475 g/mol. The number of pyridine rings is 2. The van der Waals surface area contributed by atoms with Crippen molar-refractivity contribution in [1.82, 2.24) is 25.1 Å². The summed E-state index contributed by atoms with van der Waals surface area (Å²) in [7, 11) is 4.92. The third kappa shape index (κ3) is 4.32. The Morgan fingerprint density at radius 2 is 1.83 bits per heavy atom. The van der Waals surface area contributed by atoms with Crippen molar-refractivity contribution < 1.29 is 14.3 Å². The van der Waals surface area contributed by atoms with Gasteiger partial charge in [0, 0.05) is 60.9 Å². The summed E-state index contributed by atoms with van der Waals surface area (Å²) < 4.78 is 12.4. The van der Waals surface area contributed by atoms with Gasteiger partial charge in [-0.25, -0.2) is 4.98 Å². The molecule has 4 heterocycles. The van der Waals surface area contributed by atoms with Gasteiger partial charge in [0.1, 0.15) is 5.82 Å². The molecule has 2 atom stereocenters. The van der Waals surface area contributed by atoms with Crippen molar-refractivity contribution in [3.63, 3.8) is 0 Å². The summed E-state index contributed by atoms with van der Waals surface area (Å²) in [4.78, 5) is 24.9. The molecule has 0 aliphatic carbocycles. The van der Waals surface area contributed by atoms with E-state index >= 15 is 0 Å². The SMILES string of the molecule is COc1ccc2c(N3C[C@@H](C)N[C@@H](C)C3)ccc(C(=O)Nc3cc4cn(C)nc4c(OC)n3)c2n1. The first-order valence-electron chi connectivity index (χ1n) is 11.5. The predicted molar refractivity (Wildman–Crippen MR) is 136 cm³/mol. The maximum Gasteiger partial charge on any atom is 0.259 e. The number of aromatic nitrogens is 4. The lowest BCUT2D eigenvalue weighted by Gasteiger charge is -2.38. The molecule has 1 aliphatic rings. The molecule has 35 heavy (non-hydrogen) atoms. The van der Waals surface area contributed by atoms with E-state index in [0.29, 0.717) is 46.3 Å². The topological polar surface area (TPSA) is 106 Å². The zero-order valence-corrected chi connectivity index (χ0v) is 20.5. The number of hydrogen-bond donors (Lipinski definition) is 2. The van der Waals surface area contributed by atoms with Crippen LogP contribution < -0.4 is 25.0 Å². The van der Waals surface area contributed by atoms with Gasteiger partial charge in [-0.05, 0) is 38.1 Å². The summed E-state index contributed by atoms with van der Waals surface area (Å²) in [5.74, 6) is 0.849. The first-order valence-corrected chi connectivity index (χ1v) is 11.5. The van der Waals surface area contributed by atoms with Crippen molar-refractivity contribution in [1.29, 1.82) is 0 Å². The van der Waals surface area contributed by atoms with Crippen LogP contribution in [0.3, 0.4) is 0 Å². The fourth-order valence-corrected chi connectivity index (χ4v) is 4.79. The highest BCUT2D eigenvalue weighted by Gasteiger charge is 2.24. The first-order chi connectivity index (χ1) is 16.9. The molecule has 0 bridgehead atoms. The second-order valence-electron chi connectivity index (χ2n) is 8.97. The molecule has 1 aliphatic heterocycles. The number of piperazine rings is 1. The van der Waals surface area contributed by atoms with Crippen LogP contribution >= 0.6 is 0 Å². The zero-order chi connectivity index (χ0) is 24.7. The number of carbonyl (C=O) groups excluding carboxylic acids is 1. The van der Waals surface area contributed by atoms with Crippen LogP contribution in [0.5, 0.6) is 11.8 Å². The predicted octanol–water partition coefficient (Wildman–Crippen LogP) is 2.97. The van der Waals surface area contributed by atoms with E-state index in [0.717, 1.165) is 29.5 Å². The maximum atomic E-state index is 13.4. The Morgan fingerprint density at radius 3 is 2.54 bits per heavy atom. The van der Waals surface area contributed by atoms with Crippen LogP contribution in [0.1, 0.15) is 24.2 Å². The zero-order valence-electron chi connectivity index (χ0n) is 20.5. The van der Waals surface area contributed by atoms with Gasteiger partial charge >= 0.3 is 0 Å². The Bertz CT molecular complexity index is 1410. The molecule has 1 amide bonds. The molecule has 10 nitrogen and oxygen atoms in total. The number of fused-ring (bicyclic) bond motifs is 2. The van der Waals surface area contributed by atoms with Crippen LogP contribution in [0, 0.1) is 0 Å². The van der Waals surface area contributed by atoms with Crippen LogP contribution in [0.25, 0.3) is 21.8 Å². The number of carbonyl (C=O) groups is 1. The van der Waals surface area contributed by atoms with Gasteiger partial charge in [0.15, 0.2) is 5.52 Å².